The van der Waals surface area contributed by atoms with Crippen molar-refractivity contribution in [2.45, 2.75) is 185 Å². The van der Waals surface area contributed by atoms with Gasteiger partial charge in [-0.15, -0.1) is 0 Å². The van der Waals surface area contributed by atoms with Crippen LogP contribution in [0, 0.1) is 0 Å². The number of rotatable bonds is 29. The fourth-order valence-corrected chi connectivity index (χ4v) is 5.63. The Morgan fingerprint density at radius 2 is 1.26 bits per heavy atom. The Balaban J connectivity index is 2.21. The topological polar surface area (TPSA) is 149 Å². The van der Waals surface area contributed by atoms with Crippen molar-refractivity contribution in [3.8, 4) is 0 Å². The highest BCUT2D eigenvalue weighted by Crippen LogP contribution is 2.22. The standard InChI is InChI=1S/C38H69NO8/c1-3-5-7-8-9-10-11-12-13-14-15-16-17-18-19-20-21-22-23-24-26-28-34(42)39-31(32(41)27-25-6-4-2)30-46-38-37(45)36(44)35(43)33(29-40)47-38/h11-12,14-15,17-18,31-33,35-38,40-41,43-45H,3-10,13,16,19-30H2,1-2H3,(H,39,42)/b12-11-,15-14-,18-17-. The maximum Gasteiger partial charge on any atom is 0.220 e. The lowest BCUT2D eigenvalue weighted by molar-refractivity contribution is -0.302. The number of amides is 1. The van der Waals surface area contributed by atoms with Crippen molar-refractivity contribution >= 4 is 5.91 Å². The van der Waals surface area contributed by atoms with Gasteiger partial charge in [-0.25, -0.2) is 0 Å². The average molecular weight is 668 g/mol. The van der Waals surface area contributed by atoms with Crippen molar-refractivity contribution in [2.75, 3.05) is 13.2 Å². The fourth-order valence-electron chi connectivity index (χ4n) is 5.63. The molecule has 0 aromatic carbocycles. The summed E-state index contributed by atoms with van der Waals surface area (Å²) in [6.07, 6.45) is 26.7. The second-order valence-electron chi connectivity index (χ2n) is 13.0. The predicted octanol–water partition coefficient (Wildman–Crippen LogP) is 6.16. The van der Waals surface area contributed by atoms with Gasteiger partial charge in [0.25, 0.3) is 0 Å². The summed E-state index contributed by atoms with van der Waals surface area (Å²) in [5.74, 6) is -0.171. The molecule has 1 aliphatic rings. The first-order chi connectivity index (χ1) is 22.8. The summed E-state index contributed by atoms with van der Waals surface area (Å²) in [5.41, 5.74) is 0. The molecule has 274 valence electrons. The van der Waals surface area contributed by atoms with Gasteiger partial charge in [0.05, 0.1) is 25.4 Å². The molecule has 1 saturated heterocycles. The van der Waals surface area contributed by atoms with E-state index >= 15 is 0 Å². The highest BCUT2D eigenvalue weighted by molar-refractivity contribution is 5.76. The summed E-state index contributed by atoms with van der Waals surface area (Å²) < 4.78 is 11.1. The van der Waals surface area contributed by atoms with E-state index in [1.54, 1.807) is 0 Å². The molecule has 9 heteroatoms. The van der Waals surface area contributed by atoms with E-state index in [0.29, 0.717) is 12.8 Å². The molecule has 1 rings (SSSR count). The molecule has 1 aliphatic heterocycles. The normalized spacial score (nSPS) is 23.3. The van der Waals surface area contributed by atoms with Crippen LogP contribution in [0.5, 0.6) is 0 Å². The maximum atomic E-state index is 12.7. The van der Waals surface area contributed by atoms with E-state index in [1.807, 2.05) is 0 Å². The summed E-state index contributed by atoms with van der Waals surface area (Å²) in [6.45, 7) is 3.62. The molecule has 0 aliphatic carbocycles. The van der Waals surface area contributed by atoms with Gasteiger partial charge >= 0.3 is 0 Å². The molecular weight excluding hydrogens is 598 g/mol. The number of carbonyl (C=O) groups is 1. The first-order valence-electron chi connectivity index (χ1n) is 18.7. The van der Waals surface area contributed by atoms with E-state index in [2.05, 4.69) is 55.6 Å². The zero-order chi connectivity index (χ0) is 34.5. The molecule has 0 bridgehead atoms. The minimum absolute atomic E-state index is 0.150. The van der Waals surface area contributed by atoms with Gasteiger partial charge < -0.3 is 40.3 Å². The Morgan fingerprint density at radius 3 is 1.85 bits per heavy atom. The van der Waals surface area contributed by atoms with Gasteiger partial charge in [0, 0.05) is 6.42 Å². The predicted molar refractivity (Wildman–Crippen MR) is 189 cm³/mol. The molecule has 6 N–H and O–H groups in total. The van der Waals surface area contributed by atoms with Crippen LogP contribution in [0.4, 0.5) is 0 Å². The van der Waals surface area contributed by atoms with Crippen LogP contribution in [0.1, 0.15) is 142 Å². The van der Waals surface area contributed by atoms with Gasteiger partial charge in [0.15, 0.2) is 6.29 Å². The van der Waals surface area contributed by atoms with E-state index in [-0.39, 0.29) is 12.5 Å². The Hall–Kier alpha value is -1.59. The average Bonchev–Trinajstić information content (AvgIpc) is 3.07. The third kappa shape index (κ3) is 21.2. The minimum atomic E-state index is -1.55. The maximum absolute atomic E-state index is 12.7. The summed E-state index contributed by atoms with van der Waals surface area (Å²) in [4.78, 5) is 12.7. The second-order valence-corrected chi connectivity index (χ2v) is 13.0. The summed E-state index contributed by atoms with van der Waals surface area (Å²) in [5, 5.41) is 53.4. The van der Waals surface area contributed by atoms with Gasteiger partial charge in [0.1, 0.15) is 24.4 Å². The van der Waals surface area contributed by atoms with Crippen molar-refractivity contribution < 1.29 is 39.8 Å². The molecule has 0 spiro atoms. The van der Waals surface area contributed by atoms with Gasteiger partial charge in [-0.1, -0.05) is 121 Å². The molecule has 0 aromatic rings. The van der Waals surface area contributed by atoms with E-state index < -0.39 is 49.5 Å². The summed E-state index contributed by atoms with van der Waals surface area (Å²) >= 11 is 0. The molecule has 47 heavy (non-hydrogen) atoms. The van der Waals surface area contributed by atoms with E-state index in [4.69, 9.17) is 9.47 Å². The van der Waals surface area contributed by atoms with Crippen LogP contribution >= 0.6 is 0 Å². The fraction of sp³-hybridized carbons (Fsp3) is 0.816. The third-order valence-corrected chi connectivity index (χ3v) is 8.75. The molecular formula is C38H69NO8. The number of ether oxygens (including phenoxy) is 2. The van der Waals surface area contributed by atoms with Crippen molar-refractivity contribution in [1.29, 1.82) is 0 Å². The van der Waals surface area contributed by atoms with Gasteiger partial charge in [-0.3, -0.25) is 4.79 Å². The number of aliphatic hydroxyl groups is 5. The van der Waals surface area contributed by atoms with Crippen molar-refractivity contribution in [1.82, 2.24) is 5.32 Å². The second kappa shape index (κ2) is 29.3. The largest absolute Gasteiger partial charge is 0.394 e. The number of unbranched alkanes of at least 4 members (excludes halogenated alkanes) is 13. The number of hydrogen-bond donors (Lipinski definition) is 6. The van der Waals surface area contributed by atoms with Gasteiger partial charge in [0.2, 0.25) is 5.91 Å². The summed E-state index contributed by atoms with van der Waals surface area (Å²) in [7, 11) is 0. The lowest BCUT2D eigenvalue weighted by atomic mass is 9.99. The number of carbonyl (C=O) groups excluding carboxylic acids is 1. The first kappa shape index (κ1) is 43.4. The molecule has 1 fully saturated rings. The quantitative estimate of drug-likeness (QED) is 0.0411. The van der Waals surface area contributed by atoms with Crippen molar-refractivity contribution in [3.05, 3.63) is 36.5 Å². The monoisotopic (exact) mass is 668 g/mol. The van der Waals surface area contributed by atoms with Crippen LogP contribution in [0.2, 0.25) is 0 Å². The minimum Gasteiger partial charge on any atom is -0.394 e. The lowest BCUT2D eigenvalue weighted by Crippen LogP contribution is -2.60. The zero-order valence-corrected chi connectivity index (χ0v) is 29.5. The van der Waals surface area contributed by atoms with Crippen LogP contribution in [0.25, 0.3) is 0 Å². The highest BCUT2D eigenvalue weighted by Gasteiger charge is 2.44. The lowest BCUT2D eigenvalue weighted by Gasteiger charge is -2.40. The molecule has 9 nitrogen and oxygen atoms in total. The van der Waals surface area contributed by atoms with Crippen molar-refractivity contribution in [3.63, 3.8) is 0 Å². The Labute approximate surface area is 285 Å². The Kier molecular flexibility index (Phi) is 27.1. The van der Waals surface area contributed by atoms with Crippen LogP contribution in [-0.4, -0.2) is 87.5 Å². The number of allylic oxidation sites excluding steroid dienone is 6. The first-order valence-corrected chi connectivity index (χ1v) is 18.7. The molecule has 0 radical (unpaired) electrons. The van der Waals surface area contributed by atoms with Crippen molar-refractivity contribution in [2.24, 2.45) is 0 Å². The third-order valence-electron chi connectivity index (χ3n) is 8.75. The van der Waals surface area contributed by atoms with Gasteiger partial charge in [-0.05, 0) is 51.4 Å². The SMILES string of the molecule is CCCCCCC/C=C\C/C=C\C/C=C\CCCCCCCCC(=O)NC(COC1OC(CO)C(O)C(O)C1O)C(O)CCCCC. The Bertz CT molecular complexity index is 833. The van der Waals surface area contributed by atoms with Crippen LogP contribution in [0.15, 0.2) is 36.5 Å². The highest BCUT2D eigenvalue weighted by atomic mass is 16.7. The van der Waals surface area contributed by atoms with Crippen LogP contribution in [0.3, 0.4) is 0 Å². The molecule has 1 amide bonds. The van der Waals surface area contributed by atoms with Crippen LogP contribution < -0.4 is 5.32 Å². The molecule has 7 unspecified atom stereocenters. The molecule has 0 aromatic heterocycles. The number of nitrogens with one attached hydrogen (secondary N) is 1. The van der Waals surface area contributed by atoms with Gasteiger partial charge in [-0.2, -0.15) is 0 Å². The Morgan fingerprint density at radius 1 is 0.723 bits per heavy atom. The van der Waals surface area contributed by atoms with E-state index in [1.165, 1.54) is 51.4 Å². The number of hydrogen-bond acceptors (Lipinski definition) is 8. The zero-order valence-electron chi connectivity index (χ0n) is 29.5. The van der Waals surface area contributed by atoms with E-state index in [0.717, 1.165) is 64.2 Å². The van der Waals surface area contributed by atoms with E-state index in [9.17, 15) is 30.3 Å². The smallest absolute Gasteiger partial charge is 0.220 e. The molecule has 0 saturated carbocycles. The van der Waals surface area contributed by atoms with Crippen LogP contribution in [-0.2, 0) is 14.3 Å². The molecule has 1 heterocycles. The summed E-state index contributed by atoms with van der Waals surface area (Å²) in [6, 6.07) is -0.720. The number of aliphatic hydroxyl groups excluding tert-OH is 5. The molecule has 7 atom stereocenters.